The summed E-state index contributed by atoms with van der Waals surface area (Å²) in [5.74, 6) is -2.18. The largest absolute Gasteiger partial charge is 0.481 e. The van der Waals surface area contributed by atoms with Crippen molar-refractivity contribution in [3.05, 3.63) is 82.4 Å². The fraction of sp³-hybridized carbons (Fsp3) is 0.208. The van der Waals surface area contributed by atoms with Crippen molar-refractivity contribution >= 4 is 5.91 Å². The Kier molecular flexibility index (Phi) is 6.55. The number of hydrogen-bond donors (Lipinski definition) is 1. The maximum atomic E-state index is 14.1. The van der Waals surface area contributed by atoms with E-state index in [1.165, 1.54) is 19.2 Å². The molecule has 35 heavy (non-hydrogen) atoms. The summed E-state index contributed by atoms with van der Waals surface area (Å²) in [7, 11) is 3.25. The summed E-state index contributed by atoms with van der Waals surface area (Å²) in [5.41, 5.74) is 2.02. The number of nitrogens with one attached hydrogen (secondary N) is 1. The molecule has 3 heterocycles. The summed E-state index contributed by atoms with van der Waals surface area (Å²) < 4.78 is 39.5. The molecule has 0 aliphatic heterocycles. The number of aromatic nitrogens is 4. The molecule has 0 fully saturated rings. The van der Waals surface area contributed by atoms with E-state index in [0.29, 0.717) is 28.9 Å². The van der Waals surface area contributed by atoms with Gasteiger partial charge in [0.2, 0.25) is 5.88 Å². The lowest BCUT2D eigenvalue weighted by molar-refractivity contribution is 0.0943. The number of hydrogen-bond acceptors (Lipinski definition) is 7. The topological polar surface area (TPSA) is 119 Å². The van der Waals surface area contributed by atoms with Crippen molar-refractivity contribution in [3.8, 4) is 23.3 Å². The Balaban J connectivity index is 1.62. The lowest BCUT2D eigenvalue weighted by Gasteiger charge is -2.18. The maximum absolute atomic E-state index is 14.1. The number of methoxy groups -OCH3 is 1. The number of aryl methyl sites for hydroxylation is 2. The summed E-state index contributed by atoms with van der Waals surface area (Å²) in [6.45, 7) is 1.87. The third kappa shape index (κ3) is 4.72. The van der Waals surface area contributed by atoms with Crippen LogP contribution in [0, 0.1) is 29.9 Å². The van der Waals surface area contributed by atoms with E-state index in [1.54, 1.807) is 29.9 Å². The molecule has 0 saturated heterocycles. The first-order chi connectivity index (χ1) is 16.8. The van der Waals surface area contributed by atoms with Gasteiger partial charge >= 0.3 is 0 Å². The number of nitriles is 1. The van der Waals surface area contributed by atoms with E-state index in [-0.39, 0.29) is 29.3 Å². The van der Waals surface area contributed by atoms with Crippen molar-refractivity contribution in [2.75, 3.05) is 13.7 Å². The molecule has 1 atom stereocenters. The van der Waals surface area contributed by atoms with E-state index in [4.69, 9.17) is 9.26 Å². The van der Waals surface area contributed by atoms with Crippen LogP contribution >= 0.6 is 0 Å². The van der Waals surface area contributed by atoms with Gasteiger partial charge in [-0.2, -0.15) is 10.4 Å². The van der Waals surface area contributed by atoms with Crippen molar-refractivity contribution < 1.29 is 22.8 Å². The molecule has 0 spiro atoms. The first-order valence-corrected chi connectivity index (χ1v) is 10.5. The highest BCUT2D eigenvalue weighted by atomic mass is 19.1. The van der Waals surface area contributed by atoms with E-state index >= 15 is 0 Å². The lowest BCUT2D eigenvalue weighted by Crippen LogP contribution is -2.30. The molecular formula is C24H20F2N6O3. The smallest absolute Gasteiger partial charge is 0.273 e. The maximum Gasteiger partial charge on any atom is 0.273 e. The molecule has 4 aromatic rings. The van der Waals surface area contributed by atoms with Gasteiger partial charge in [-0.05, 0) is 31.2 Å². The standard InChI is InChI=1S/C24H20F2N6O3/c1-13-22(24(34-3)32(2)30-13)17(19-6-4-5-15(11-27)29-19)12-28-23(33)20-10-21(35-31-20)16-8-7-14(25)9-18(16)26/h4-10,17H,12H2,1-3H3,(H,28,33). The van der Waals surface area contributed by atoms with Crippen LogP contribution < -0.4 is 10.1 Å². The van der Waals surface area contributed by atoms with Crippen LogP contribution in [-0.2, 0) is 7.05 Å². The average molecular weight is 478 g/mol. The zero-order valence-corrected chi connectivity index (χ0v) is 19.0. The normalized spacial score (nSPS) is 11.7. The molecule has 9 nitrogen and oxygen atoms in total. The number of carbonyl (C=O) groups is 1. The number of carbonyl (C=O) groups excluding carboxylic acids is 1. The molecule has 11 heteroatoms. The van der Waals surface area contributed by atoms with E-state index in [9.17, 15) is 18.8 Å². The second-order valence-corrected chi connectivity index (χ2v) is 7.65. The van der Waals surface area contributed by atoms with Crippen LogP contribution in [0.3, 0.4) is 0 Å². The van der Waals surface area contributed by atoms with Gasteiger partial charge in [-0.3, -0.25) is 4.79 Å². The zero-order chi connectivity index (χ0) is 25.1. The van der Waals surface area contributed by atoms with Gasteiger partial charge in [0.05, 0.1) is 30.0 Å². The minimum Gasteiger partial charge on any atom is -0.481 e. The van der Waals surface area contributed by atoms with Crippen LogP contribution in [0.25, 0.3) is 11.3 Å². The number of pyridine rings is 1. The molecular weight excluding hydrogens is 458 g/mol. The Labute approximate surface area is 198 Å². The van der Waals surface area contributed by atoms with Crippen molar-refractivity contribution in [2.45, 2.75) is 12.8 Å². The molecule has 0 saturated carbocycles. The Morgan fingerprint density at radius 1 is 1.29 bits per heavy atom. The first kappa shape index (κ1) is 23.6. The third-order valence-electron chi connectivity index (χ3n) is 5.40. The zero-order valence-electron chi connectivity index (χ0n) is 19.0. The van der Waals surface area contributed by atoms with E-state index in [1.807, 2.05) is 13.0 Å². The summed E-state index contributed by atoms with van der Waals surface area (Å²) in [6.07, 6.45) is 0. The Morgan fingerprint density at radius 2 is 2.09 bits per heavy atom. The van der Waals surface area contributed by atoms with Crippen LogP contribution in [0.4, 0.5) is 8.78 Å². The van der Waals surface area contributed by atoms with Gasteiger partial charge in [0.15, 0.2) is 11.5 Å². The monoisotopic (exact) mass is 478 g/mol. The molecule has 1 aromatic carbocycles. The van der Waals surface area contributed by atoms with E-state index in [2.05, 4.69) is 20.6 Å². The predicted molar refractivity (Wildman–Crippen MR) is 119 cm³/mol. The van der Waals surface area contributed by atoms with Gasteiger partial charge in [-0.25, -0.2) is 18.4 Å². The number of ether oxygens (including phenoxy) is 1. The molecule has 4 rings (SSSR count). The Hall–Kier alpha value is -4.59. The Bertz CT molecular complexity index is 1440. The van der Waals surface area contributed by atoms with Crippen molar-refractivity contribution in [2.24, 2.45) is 7.05 Å². The van der Waals surface area contributed by atoms with Gasteiger partial charge < -0.3 is 14.6 Å². The van der Waals surface area contributed by atoms with Crippen LogP contribution in [-0.4, -0.2) is 39.5 Å². The highest BCUT2D eigenvalue weighted by Crippen LogP contribution is 2.33. The summed E-state index contributed by atoms with van der Waals surface area (Å²) in [5, 5.41) is 20.2. The van der Waals surface area contributed by atoms with Crippen molar-refractivity contribution in [1.82, 2.24) is 25.2 Å². The molecule has 1 amide bonds. The molecule has 0 aliphatic rings. The lowest BCUT2D eigenvalue weighted by atomic mass is 9.94. The molecule has 1 N–H and O–H groups in total. The Morgan fingerprint density at radius 3 is 2.80 bits per heavy atom. The molecule has 1 unspecified atom stereocenters. The molecule has 0 radical (unpaired) electrons. The van der Waals surface area contributed by atoms with Crippen molar-refractivity contribution in [1.29, 1.82) is 5.26 Å². The average Bonchev–Trinajstić information content (AvgIpc) is 3.43. The molecule has 0 aliphatic carbocycles. The number of amides is 1. The third-order valence-corrected chi connectivity index (χ3v) is 5.40. The first-order valence-electron chi connectivity index (χ1n) is 10.5. The van der Waals surface area contributed by atoms with Crippen LogP contribution in [0.5, 0.6) is 5.88 Å². The van der Waals surface area contributed by atoms with Gasteiger partial charge in [0.1, 0.15) is 23.4 Å². The second-order valence-electron chi connectivity index (χ2n) is 7.65. The van der Waals surface area contributed by atoms with Gasteiger partial charge in [-0.15, -0.1) is 0 Å². The van der Waals surface area contributed by atoms with Crippen LogP contribution in [0.2, 0.25) is 0 Å². The van der Waals surface area contributed by atoms with Crippen LogP contribution in [0.15, 0.2) is 47.0 Å². The quantitative estimate of drug-likeness (QED) is 0.432. The summed E-state index contributed by atoms with van der Waals surface area (Å²) in [6, 6.07) is 11.3. The minimum absolute atomic E-state index is 0.0163. The fourth-order valence-corrected chi connectivity index (χ4v) is 3.84. The summed E-state index contributed by atoms with van der Waals surface area (Å²) >= 11 is 0. The highest BCUT2D eigenvalue weighted by molar-refractivity contribution is 5.93. The van der Waals surface area contributed by atoms with Gasteiger partial charge in [0.25, 0.3) is 5.91 Å². The highest BCUT2D eigenvalue weighted by Gasteiger charge is 2.27. The molecule has 0 bridgehead atoms. The second kappa shape index (κ2) is 9.72. The van der Waals surface area contributed by atoms with Gasteiger partial charge in [0, 0.05) is 31.3 Å². The van der Waals surface area contributed by atoms with E-state index < -0.39 is 23.5 Å². The molecule has 178 valence electrons. The van der Waals surface area contributed by atoms with E-state index in [0.717, 1.165) is 6.07 Å². The van der Waals surface area contributed by atoms with Gasteiger partial charge in [-0.1, -0.05) is 11.2 Å². The SMILES string of the molecule is COc1c(C(CNC(=O)c2cc(-c3ccc(F)cc3F)on2)c2cccc(C#N)n2)c(C)nn1C. The number of nitrogens with zero attached hydrogens (tertiary/aromatic N) is 5. The fourth-order valence-electron chi connectivity index (χ4n) is 3.84. The minimum atomic E-state index is -0.837. The predicted octanol–water partition coefficient (Wildman–Crippen LogP) is 3.50. The summed E-state index contributed by atoms with van der Waals surface area (Å²) in [4.78, 5) is 17.2. The van der Waals surface area contributed by atoms with Crippen molar-refractivity contribution in [3.63, 3.8) is 0 Å². The molecule has 3 aromatic heterocycles. The number of rotatable bonds is 7. The van der Waals surface area contributed by atoms with Crippen LogP contribution in [0.1, 0.15) is 39.1 Å². The number of benzene rings is 1. The number of halogens is 2.